The third-order valence-corrected chi connectivity index (χ3v) is 4.95. The maximum absolute atomic E-state index is 6.25. The van der Waals surface area contributed by atoms with Crippen LogP contribution in [0, 0.1) is 5.92 Å². The summed E-state index contributed by atoms with van der Waals surface area (Å²) in [7, 11) is 0. The molecule has 0 amide bonds. The molecule has 1 aromatic carbocycles. The molecular weight excluding hydrogens is 244 g/mol. The van der Waals surface area contributed by atoms with Crippen molar-refractivity contribution in [3.63, 3.8) is 0 Å². The Hall–Kier alpha value is -1.02. The molecule has 1 aliphatic heterocycles. The first-order valence-corrected chi connectivity index (χ1v) is 8.22. The van der Waals surface area contributed by atoms with Crippen LogP contribution in [0.5, 0.6) is 0 Å². The smallest absolute Gasteiger partial charge is 0.0521 e. The lowest BCUT2D eigenvalue weighted by molar-refractivity contribution is 0.319. The Morgan fingerprint density at radius 3 is 2.70 bits per heavy atom. The molecule has 2 unspecified atom stereocenters. The lowest BCUT2D eigenvalue weighted by Gasteiger charge is -2.49. The van der Waals surface area contributed by atoms with Gasteiger partial charge < -0.3 is 10.6 Å². The van der Waals surface area contributed by atoms with Crippen molar-refractivity contribution in [1.82, 2.24) is 0 Å². The van der Waals surface area contributed by atoms with E-state index >= 15 is 0 Å². The minimum Gasteiger partial charge on any atom is -0.364 e. The number of hydrogen-bond donors (Lipinski definition) is 1. The van der Waals surface area contributed by atoms with E-state index in [2.05, 4.69) is 49.9 Å². The zero-order valence-electron chi connectivity index (χ0n) is 13.4. The molecule has 1 aromatic rings. The molecule has 0 bridgehead atoms. The minimum atomic E-state index is 0.140. The van der Waals surface area contributed by atoms with Crippen molar-refractivity contribution in [1.29, 1.82) is 0 Å². The molecular formula is C18H30N2. The molecule has 2 atom stereocenters. The first-order valence-electron chi connectivity index (χ1n) is 8.22. The lowest BCUT2D eigenvalue weighted by atomic mass is 9.83. The molecule has 1 heterocycles. The van der Waals surface area contributed by atoms with E-state index in [4.69, 9.17) is 5.73 Å². The fraction of sp³-hybridized carbons (Fsp3) is 0.667. The zero-order valence-corrected chi connectivity index (χ0v) is 13.4. The van der Waals surface area contributed by atoms with Gasteiger partial charge in [0.1, 0.15) is 0 Å². The zero-order chi connectivity index (χ0) is 14.6. The maximum atomic E-state index is 6.25. The van der Waals surface area contributed by atoms with Gasteiger partial charge in [0.25, 0.3) is 0 Å². The first kappa shape index (κ1) is 15.4. The number of unbranched alkanes of at least 4 members (excludes halogenated alkanes) is 1. The van der Waals surface area contributed by atoms with Crippen molar-refractivity contribution >= 4 is 5.69 Å². The summed E-state index contributed by atoms with van der Waals surface area (Å²) in [6.07, 6.45) is 6.04. The van der Waals surface area contributed by atoms with Crippen molar-refractivity contribution in [3.8, 4) is 0 Å². The van der Waals surface area contributed by atoms with Crippen LogP contribution in [0.4, 0.5) is 5.69 Å². The summed E-state index contributed by atoms with van der Waals surface area (Å²) < 4.78 is 0. The Kier molecular flexibility index (Phi) is 5.09. The van der Waals surface area contributed by atoms with Crippen LogP contribution in [0.15, 0.2) is 24.3 Å². The van der Waals surface area contributed by atoms with Crippen LogP contribution in [-0.2, 0) is 6.42 Å². The van der Waals surface area contributed by atoms with Gasteiger partial charge >= 0.3 is 0 Å². The average Bonchev–Trinajstić information content (AvgIpc) is 2.48. The van der Waals surface area contributed by atoms with E-state index in [1.165, 1.54) is 36.9 Å². The summed E-state index contributed by atoms with van der Waals surface area (Å²) in [5.74, 6) is 0.712. The number of anilines is 1. The van der Waals surface area contributed by atoms with Gasteiger partial charge in [-0.2, -0.15) is 0 Å². The molecule has 0 radical (unpaired) electrons. The Bertz CT molecular complexity index is 423. The highest BCUT2D eigenvalue weighted by atomic mass is 15.2. The van der Waals surface area contributed by atoms with Crippen molar-refractivity contribution in [2.45, 2.75) is 58.4 Å². The van der Waals surface area contributed by atoms with Gasteiger partial charge in [-0.25, -0.2) is 0 Å². The normalized spacial score (nSPS) is 21.4. The van der Waals surface area contributed by atoms with Crippen LogP contribution >= 0.6 is 0 Å². The van der Waals surface area contributed by atoms with Gasteiger partial charge in [0, 0.05) is 18.8 Å². The van der Waals surface area contributed by atoms with E-state index < -0.39 is 0 Å². The van der Waals surface area contributed by atoms with Gasteiger partial charge in [-0.1, -0.05) is 51.8 Å². The molecule has 2 rings (SSSR count). The Balaban J connectivity index is 2.37. The summed E-state index contributed by atoms with van der Waals surface area (Å²) in [5, 5.41) is 0. The molecule has 0 aromatic heterocycles. The fourth-order valence-corrected chi connectivity index (χ4v) is 3.61. The summed E-state index contributed by atoms with van der Waals surface area (Å²) in [6, 6.07) is 8.90. The Labute approximate surface area is 124 Å². The highest BCUT2D eigenvalue weighted by Crippen LogP contribution is 2.37. The molecule has 0 spiro atoms. The van der Waals surface area contributed by atoms with Crippen molar-refractivity contribution in [2.24, 2.45) is 11.7 Å². The number of rotatable bonds is 6. The van der Waals surface area contributed by atoms with E-state index in [9.17, 15) is 0 Å². The molecule has 0 aliphatic carbocycles. The predicted molar refractivity (Wildman–Crippen MR) is 88.3 cm³/mol. The van der Waals surface area contributed by atoms with Crippen LogP contribution in [0.2, 0.25) is 0 Å². The number of nitrogens with zero attached hydrogens (tertiary/aromatic N) is 1. The predicted octanol–water partition coefficient (Wildman–Crippen LogP) is 3.98. The monoisotopic (exact) mass is 274 g/mol. The van der Waals surface area contributed by atoms with Crippen LogP contribution in [0.25, 0.3) is 0 Å². The van der Waals surface area contributed by atoms with Crippen LogP contribution < -0.4 is 10.6 Å². The van der Waals surface area contributed by atoms with Crippen molar-refractivity contribution in [3.05, 3.63) is 29.8 Å². The van der Waals surface area contributed by atoms with E-state index in [0.717, 1.165) is 19.5 Å². The molecule has 0 fully saturated rings. The second kappa shape index (κ2) is 6.62. The SMILES string of the molecule is CCCCC(CC)(CN)N1CC(C)Cc2ccccc21. The van der Waals surface area contributed by atoms with Crippen molar-refractivity contribution < 1.29 is 0 Å². The van der Waals surface area contributed by atoms with Crippen LogP contribution in [0.3, 0.4) is 0 Å². The molecule has 2 N–H and O–H groups in total. The van der Waals surface area contributed by atoms with Gasteiger partial charge in [0.05, 0.1) is 5.54 Å². The number of nitrogens with two attached hydrogens (primary N) is 1. The van der Waals surface area contributed by atoms with Gasteiger partial charge in [-0.3, -0.25) is 0 Å². The molecule has 1 aliphatic rings. The van der Waals surface area contributed by atoms with Gasteiger partial charge in [-0.15, -0.1) is 0 Å². The summed E-state index contributed by atoms with van der Waals surface area (Å²) in [6.45, 7) is 8.82. The number of benzene rings is 1. The number of fused-ring (bicyclic) bond motifs is 1. The minimum absolute atomic E-state index is 0.140. The van der Waals surface area contributed by atoms with E-state index in [1.807, 2.05) is 0 Å². The Morgan fingerprint density at radius 2 is 2.05 bits per heavy atom. The van der Waals surface area contributed by atoms with Gasteiger partial charge in [0.15, 0.2) is 0 Å². The Morgan fingerprint density at radius 1 is 1.30 bits per heavy atom. The second-order valence-electron chi connectivity index (χ2n) is 6.43. The third kappa shape index (κ3) is 2.85. The quantitative estimate of drug-likeness (QED) is 0.850. The van der Waals surface area contributed by atoms with E-state index in [1.54, 1.807) is 0 Å². The molecule has 0 saturated carbocycles. The molecule has 112 valence electrons. The summed E-state index contributed by atoms with van der Waals surface area (Å²) >= 11 is 0. The van der Waals surface area contributed by atoms with Crippen molar-refractivity contribution in [2.75, 3.05) is 18.0 Å². The second-order valence-corrected chi connectivity index (χ2v) is 6.43. The van der Waals surface area contributed by atoms with E-state index in [-0.39, 0.29) is 5.54 Å². The van der Waals surface area contributed by atoms with Crippen LogP contribution in [0.1, 0.15) is 52.0 Å². The van der Waals surface area contributed by atoms with Crippen LogP contribution in [-0.4, -0.2) is 18.6 Å². The summed E-state index contributed by atoms with van der Waals surface area (Å²) in [4.78, 5) is 2.63. The average molecular weight is 274 g/mol. The fourth-order valence-electron chi connectivity index (χ4n) is 3.61. The number of para-hydroxylation sites is 1. The van der Waals surface area contributed by atoms with Gasteiger partial charge in [0.2, 0.25) is 0 Å². The number of hydrogen-bond acceptors (Lipinski definition) is 2. The maximum Gasteiger partial charge on any atom is 0.0521 e. The largest absolute Gasteiger partial charge is 0.364 e. The lowest BCUT2D eigenvalue weighted by Crippen LogP contribution is -2.56. The molecule has 2 nitrogen and oxygen atoms in total. The highest BCUT2D eigenvalue weighted by Gasteiger charge is 2.37. The summed E-state index contributed by atoms with van der Waals surface area (Å²) in [5.41, 5.74) is 9.31. The standard InChI is InChI=1S/C18H30N2/c1-4-6-11-18(5-2,14-19)20-13-15(3)12-16-9-7-8-10-17(16)20/h7-10,15H,4-6,11-14,19H2,1-3H3. The van der Waals surface area contributed by atoms with Gasteiger partial charge in [-0.05, 0) is 36.8 Å². The first-order chi connectivity index (χ1) is 9.66. The topological polar surface area (TPSA) is 29.3 Å². The van der Waals surface area contributed by atoms with E-state index in [0.29, 0.717) is 5.92 Å². The highest BCUT2D eigenvalue weighted by molar-refractivity contribution is 5.58. The molecule has 2 heteroatoms. The molecule has 0 saturated heterocycles. The molecule has 20 heavy (non-hydrogen) atoms. The third-order valence-electron chi connectivity index (χ3n) is 4.95.